The minimum atomic E-state index is -0.683. The Hall–Kier alpha value is -3.15. The maximum absolute atomic E-state index is 12.5. The normalized spacial score (nSPS) is 13.9. The number of benzene rings is 3. The van der Waals surface area contributed by atoms with Gasteiger partial charge in [-0.2, -0.15) is 0 Å². The van der Waals surface area contributed by atoms with Crippen LogP contribution in [0.1, 0.15) is 23.6 Å². The molecule has 0 N–H and O–H groups in total. The predicted molar refractivity (Wildman–Crippen MR) is 145 cm³/mol. The zero-order chi connectivity index (χ0) is 25.8. The van der Waals surface area contributed by atoms with Crippen LogP contribution in [0, 0.1) is 13.7 Å². The summed E-state index contributed by atoms with van der Waals surface area (Å²) in [6.07, 6.45) is 1.55. The zero-order valence-corrected chi connectivity index (χ0v) is 22.3. The largest absolute Gasteiger partial charge is 0.490 e. The first-order valence-corrected chi connectivity index (χ1v) is 12.4. The van der Waals surface area contributed by atoms with E-state index in [1.165, 1.54) is 18.2 Å². The number of nitrogens with zero attached hydrogens (tertiary/aromatic N) is 2. The number of ether oxygens (including phenoxy) is 3. The zero-order valence-electron chi connectivity index (χ0n) is 18.7. The molecule has 184 valence electrons. The molecule has 0 unspecified atom stereocenters. The molecule has 36 heavy (non-hydrogen) atoms. The third-order valence-electron chi connectivity index (χ3n) is 4.92. The summed E-state index contributed by atoms with van der Waals surface area (Å²) in [5, 5.41) is 11.8. The Morgan fingerprint density at radius 1 is 1.14 bits per heavy atom. The fraction of sp³-hybridized carbons (Fsp3) is 0.120. The maximum Gasteiger partial charge on any atom is 0.363 e. The molecule has 0 aromatic heterocycles. The Morgan fingerprint density at radius 3 is 2.67 bits per heavy atom. The molecular weight excluding hydrogens is 622 g/mol. The monoisotopic (exact) mass is 638 g/mol. The van der Waals surface area contributed by atoms with Crippen LogP contribution in [-0.2, 0) is 16.1 Å². The standard InChI is InChI=1S/C25H17Cl2IN2O6/c1-2-34-22-11-15(9-19(28)23(22)35-13-14-4-3-5-17(26)8-14)10-20-25(31)36-24(29-20)16-6-7-18(27)21(12-16)30(32)33/h3-12H,2,13H2,1H3/b20-10-. The van der Waals surface area contributed by atoms with Crippen molar-refractivity contribution in [1.29, 1.82) is 0 Å². The number of esters is 1. The lowest BCUT2D eigenvalue weighted by Crippen LogP contribution is -2.06. The van der Waals surface area contributed by atoms with E-state index in [0.717, 1.165) is 9.13 Å². The number of carbonyl (C=O) groups is 1. The molecule has 0 saturated heterocycles. The number of carbonyl (C=O) groups excluding carboxylic acids is 1. The van der Waals surface area contributed by atoms with Gasteiger partial charge in [0.25, 0.3) is 5.69 Å². The summed E-state index contributed by atoms with van der Waals surface area (Å²) in [6, 6.07) is 15.0. The highest BCUT2D eigenvalue weighted by Gasteiger charge is 2.26. The molecule has 0 spiro atoms. The molecule has 11 heteroatoms. The second-order valence-corrected chi connectivity index (χ2v) is 9.45. The molecule has 0 aliphatic carbocycles. The number of nitro groups is 1. The SMILES string of the molecule is CCOc1cc(/C=C2\N=C(c3ccc(Cl)c([N+](=O)[O-])c3)OC2=O)cc(I)c1OCc1cccc(Cl)c1. The molecule has 0 amide bonds. The van der Waals surface area contributed by atoms with Crippen LogP contribution in [0.3, 0.4) is 0 Å². The first-order chi connectivity index (χ1) is 17.2. The van der Waals surface area contributed by atoms with Crippen molar-refractivity contribution < 1.29 is 23.9 Å². The van der Waals surface area contributed by atoms with E-state index >= 15 is 0 Å². The molecular formula is C25H17Cl2IN2O6. The second kappa shape index (κ2) is 11.3. The maximum atomic E-state index is 12.5. The van der Waals surface area contributed by atoms with E-state index in [-0.39, 0.29) is 27.9 Å². The quantitative estimate of drug-likeness (QED) is 0.0882. The third-order valence-corrected chi connectivity index (χ3v) is 6.27. The van der Waals surface area contributed by atoms with E-state index in [0.29, 0.717) is 35.3 Å². The summed E-state index contributed by atoms with van der Waals surface area (Å²) >= 11 is 14.1. The molecule has 8 nitrogen and oxygen atoms in total. The van der Waals surface area contributed by atoms with Crippen molar-refractivity contribution in [2.24, 2.45) is 4.99 Å². The van der Waals surface area contributed by atoms with Crippen molar-refractivity contribution in [3.63, 3.8) is 0 Å². The Morgan fingerprint density at radius 2 is 1.94 bits per heavy atom. The van der Waals surface area contributed by atoms with Crippen LogP contribution in [0.25, 0.3) is 6.08 Å². The summed E-state index contributed by atoms with van der Waals surface area (Å²) in [6.45, 7) is 2.56. The Balaban J connectivity index is 1.63. The van der Waals surface area contributed by atoms with Gasteiger partial charge in [-0.25, -0.2) is 9.79 Å². The molecule has 0 atom stereocenters. The molecule has 0 radical (unpaired) electrons. The van der Waals surface area contributed by atoms with Gasteiger partial charge in [0.2, 0.25) is 5.90 Å². The third kappa shape index (κ3) is 5.97. The molecule has 0 bridgehead atoms. The lowest BCUT2D eigenvalue weighted by Gasteiger charge is -2.15. The average Bonchev–Trinajstić information content (AvgIpc) is 3.19. The van der Waals surface area contributed by atoms with Crippen LogP contribution < -0.4 is 9.47 Å². The van der Waals surface area contributed by atoms with E-state index in [1.807, 2.05) is 31.2 Å². The van der Waals surface area contributed by atoms with E-state index < -0.39 is 10.9 Å². The average molecular weight is 639 g/mol. The van der Waals surface area contributed by atoms with E-state index in [4.69, 9.17) is 37.4 Å². The summed E-state index contributed by atoms with van der Waals surface area (Å²) < 4.78 is 17.8. The van der Waals surface area contributed by atoms with Crippen molar-refractivity contribution in [3.05, 3.63) is 101 Å². The molecule has 0 saturated carbocycles. The fourth-order valence-corrected chi connectivity index (χ4v) is 4.51. The highest BCUT2D eigenvalue weighted by atomic mass is 127. The van der Waals surface area contributed by atoms with Crippen LogP contribution in [0.4, 0.5) is 5.69 Å². The van der Waals surface area contributed by atoms with Crippen molar-refractivity contribution in [1.82, 2.24) is 0 Å². The molecule has 3 aromatic rings. The topological polar surface area (TPSA) is 100 Å². The van der Waals surface area contributed by atoms with Gasteiger partial charge in [-0.05, 0) is 83.1 Å². The van der Waals surface area contributed by atoms with Crippen LogP contribution in [-0.4, -0.2) is 23.4 Å². The lowest BCUT2D eigenvalue weighted by atomic mass is 10.1. The molecule has 3 aromatic carbocycles. The van der Waals surface area contributed by atoms with Crippen molar-refractivity contribution in [3.8, 4) is 11.5 Å². The number of hydrogen-bond acceptors (Lipinski definition) is 7. The van der Waals surface area contributed by atoms with E-state index in [1.54, 1.807) is 18.2 Å². The fourth-order valence-electron chi connectivity index (χ4n) is 3.33. The van der Waals surface area contributed by atoms with Gasteiger partial charge in [0.1, 0.15) is 11.6 Å². The van der Waals surface area contributed by atoms with Crippen LogP contribution in [0.2, 0.25) is 10.0 Å². The molecule has 1 heterocycles. The van der Waals surface area contributed by atoms with Crippen LogP contribution >= 0.6 is 45.8 Å². The number of halogens is 3. The van der Waals surface area contributed by atoms with Gasteiger partial charge in [0.15, 0.2) is 17.2 Å². The van der Waals surface area contributed by atoms with E-state index in [9.17, 15) is 14.9 Å². The number of hydrogen-bond donors (Lipinski definition) is 0. The summed E-state index contributed by atoms with van der Waals surface area (Å²) in [5.41, 5.74) is 1.53. The minimum absolute atomic E-state index is 0.0276. The van der Waals surface area contributed by atoms with Crippen LogP contribution in [0.5, 0.6) is 11.5 Å². The number of rotatable bonds is 8. The predicted octanol–water partition coefficient (Wildman–Crippen LogP) is 6.83. The molecule has 1 aliphatic rings. The highest BCUT2D eigenvalue weighted by Crippen LogP contribution is 2.36. The van der Waals surface area contributed by atoms with Crippen molar-refractivity contribution in [2.75, 3.05) is 6.61 Å². The number of aliphatic imine (C=N–C) groups is 1. The van der Waals surface area contributed by atoms with Gasteiger partial charge >= 0.3 is 5.97 Å². The van der Waals surface area contributed by atoms with Gasteiger partial charge in [-0.15, -0.1) is 0 Å². The van der Waals surface area contributed by atoms with Gasteiger partial charge in [0.05, 0.1) is 15.1 Å². The number of nitro benzene ring substituents is 1. The second-order valence-electron chi connectivity index (χ2n) is 7.44. The summed E-state index contributed by atoms with van der Waals surface area (Å²) in [4.78, 5) is 27.3. The summed E-state index contributed by atoms with van der Waals surface area (Å²) in [5.74, 6) is 0.331. The Bertz CT molecular complexity index is 1420. The van der Waals surface area contributed by atoms with Gasteiger partial charge in [-0.1, -0.05) is 35.3 Å². The van der Waals surface area contributed by atoms with Crippen molar-refractivity contribution >= 4 is 69.4 Å². The van der Waals surface area contributed by atoms with Gasteiger partial charge in [-0.3, -0.25) is 10.1 Å². The molecule has 1 aliphatic heterocycles. The van der Waals surface area contributed by atoms with Crippen molar-refractivity contribution in [2.45, 2.75) is 13.5 Å². The first kappa shape index (κ1) is 25.9. The highest BCUT2D eigenvalue weighted by molar-refractivity contribution is 14.1. The van der Waals surface area contributed by atoms with Gasteiger partial charge < -0.3 is 14.2 Å². The van der Waals surface area contributed by atoms with E-state index in [2.05, 4.69) is 27.6 Å². The minimum Gasteiger partial charge on any atom is -0.490 e. The lowest BCUT2D eigenvalue weighted by molar-refractivity contribution is -0.384. The number of cyclic esters (lactones) is 1. The van der Waals surface area contributed by atoms with Gasteiger partial charge in [0, 0.05) is 16.7 Å². The molecule has 4 rings (SSSR count). The first-order valence-electron chi connectivity index (χ1n) is 10.6. The van der Waals surface area contributed by atoms with Crippen LogP contribution in [0.15, 0.2) is 65.3 Å². The Kier molecular flexibility index (Phi) is 8.12. The Labute approximate surface area is 229 Å². The summed E-state index contributed by atoms with van der Waals surface area (Å²) in [7, 11) is 0. The molecule has 0 fully saturated rings. The smallest absolute Gasteiger partial charge is 0.363 e.